The third-order valence-corrected chi connectivity index (χ3v) is 5.23. The Bertz CT molecular complexity index is 1360. The van der Waals surface area contributed by atoms with E-state index in [9.17, 15) is 4.39 Å². The number of ether oxygens (including phenoxy) is 1. The molecule has 6 nitrogen and oxygen atoms in total. The molecule has 32 heavy (non-hydrogen) atoms. The van der Waals surface area contributed by atoms with Gasteiger partial charge in [0.15, 0.2) is 5.65 Å². The van der Waals surface area contributed by atoms with Crippen molar-refractivity contribution >= 4 is 22.4 Å². The first-order chi connectivity index (χ1) is 15.7. The van der Waals surface area contributed by atoms with Gasteiger partial charge in [0.05, 0.1) is 12.1 Å². The lowest BCUT2D eigenvalue weighted by atomic mass is 10.1. The molecule has 0 fully saturated rings. The molecule has 7 heteroatoms. The first-order valence-electron chi connectivity index (χ1n) is 10.6. The molecule has 0 aliphatic heterocycles. The van der Waals surface area contributed by atoms with Crippen LogP contribution in [0.2, 0.25) is 0 Å². The highest BCUT2D eigenvalue weighted by atomic mass is 19.1. The molecule has 5 rings (SSSR count). The molecule has 2 heterocycles. The summed E-state index contributed by atoms with van der Waals surface area (Å²) in [5.41, 5.74) is 3.99. The van der Waals surface area contributed by atoms with Gasteiger partial charge in [0.25, 0.3) is 0 Å². The number of halogens is 1. The number of hydrogen-bond acceptors (Lipinski definition) is 5. The first kappa shape index (κ1) is 19.9. The Hall–Kier alpha value is -4.00. The lowest BCUT2D eigenvalue weighted by Gasteiger charge is -2.11. The topological polar surface area (TPSA) is 64.3 Å². The van der Waals surface area contributed by atoms with Gasteiger partial charge in [0, 0.05) is 17.5 Å². The van der Waals surface area contributed by atoms with Gasteiger partial charge in [-0.1, -0.05) is 36.4 Å². The lowest BCUT2D eigenvalue weighted by molar-refractivity contribution is 0.317. The van der Waals surface area contributed by atoms with Crippen LogP contribution in [0, 0.1) is 5.82 Å². The van der Waals surface area contributed by atoms with E-state index >= 15 is 0 Å². The van der Waals surface area contributed by atoms with Gasteiger partial charge < -0.3 is 10.1 Å². The maximum atomic E-state index is 13.4. The summed E-state index contributed by atoms with van der Waals surface area (Å²) in [7, 11) is 0. The largest absolute Gasteiger partial charge is 0.494 e. The third-order valence-electron chi connectivity index (χ3n) is 5.23. The quantitative estimate of drug-likeness (QED) is 0.372. The second-order valence-electron chi connectivity index (χ2n) is 7.50. The molecule has 0 aliphatic carbocycles. The summed E-state index contributed by atoms with van der Waals surface area (Å²) in [6.45, 7) is 3.40. The number of benzene rings is 3. The monoisotopic (exact) mass is 427 g/mol. The molecule has 0 saturated heterocycles. The van der Waals surface area contributed by atoms with Crippen LogP contribution in [0.15, 0.2) is 72.8 Å². The molecule has 0 bridgehead atoms. The number of nitrogens with zero attached hydrogens (tertiary/aromatic N) is 4. The Morgan fingerprint density at radius 3 is 2.53 bits per heavy atom. The average Bonchev–Trinajstić information content (AvgIpc) is 3.26. The number of aromatic nitrogens is 4. The van der Waals surface area contributed by atoms with Gasteiger partial charge in [-0.25, -0.2) is 9.37 Å². The number of para-hydroxylation sites is 1. The normalized spacial score (nSPS) is 11.2. The van der Waals surface area contributed by atoms with Crippen molar-refractivity contribution in [2.75, 3.05) is 11.9 Å². The van der Waals surface area contributed by atoms with Crippen LogP contribution in [-0.4, -0.2) is 26.4 Å². The zero-order valence-corrected chi connectivity index (χ0v) is 17.6. The van der Waals surface area contributed by atoms with E-state index in [-0.39, 0.29) is 5.82 Å². The number of rotatable bonds is 7. The van der Waals surface area contributed by atoms with Gasteiger partial charge in [-0.2, -0.15) is 4.52 Å². The minimum atomic E-state index is -0.294. The van der Waals surface area contributed by atoms with E-state index in [0.29, 0.717) is 24.5 Å². The van der Waals surface area contributed by atoms with E-state index in [1.807, 2.05) is 48.5 Å². The Labute approximate surface area is 184 Å². The summed E-state index contributed by atoms with van der Waals surface area (Å²) in [6.07, 6.45) is 0.980. The van der Waals surface area contributed by atoms with Crippen LogP contribution in [0.5, 0.6) is 5.75 Å². The van der Waals surface area contributed by atoms with E-state index in [0.717, 1.165) is 40.0 Å². The molecule has 0 atom stereocenters. The molecule has 0 unspecified atom stereocenters. The molecule has 1 N–H and O–H groups in total. The fraction of sp³-hybridized carbons (Fsp3) is 0.160. The minimum absolute atomic E-state index is 0.294. The molecular formula is C25H22FN5O. The van der Waals surface area contributed by atoms with E-state index in [1.54, 1.807) is 16.6 Å². The molecule has 160 valence electrons. The predicted molar refractivity (Wildman–Crippen MR) is 123 cm³/mol. The molecule has 0 spiro atoms. The van der Waals surface area contributed by atoms with Crippen LogP contribution in [0.4, 0.5) is 10.2 Å². The Morgan fingerprint density at radius 2 is 1.75 bits per heavy atom. The van der Waals surface area contributed by atoms with Crippen LogP contribution < -0.4 is 10.1 Å². The third kappa shape index (κ3) is 3.85. The average molecular weight is 427 g/mol. The van der Waals surface area contributed by atoms with Gasteiger partial charge in [0.1, 0.15) is 23.1 Å². The summed E-state index contributed by atoms with van der Waals surface area (Å²) in [5.74, 6) is 1.32. The minimum Gasteiger partial charge on any atom is -0.494 e. The number of fused-ring (bicyclic) bond motifs is 3. The van der Waals surface area contributed by atoms with E-state index in [2.05, 4.69) is 22.6 Å². The van der Waals surface area contributed by atoms with E-state index < -0.39 is 0 Å². The smallest absolute Gasteiger partial charge is 0.186 e. The van der Waals surface area contributed by atoms with E-state index in [1.165, 1.54) is 12.1 Å². The van der Waals surface area contributed by atoms with Gasteiger partial charge in [-0.3, -0.25) is 0 Å². The zero-order chi connectivity index (χ0) is 21.9. The van der Waals surface area contributed by atoms with Crippen molar-refractivity contribution in [1.82, 2.24) is 19.8 Å². The maximum absolute atomic E-state index is 13.4. The highest BCUT2D eigenvalue weighted by Gasteiger charge is 2.15. The molecule has 0 aliphatic rings. The zero-order valence-electron chi connectivity index (χ0n) is 17.6. The van der Waals surface area contributed by atoms with Crippen LogP contribution in [0.1, 0.15) is 18.9 Å². The first-order valence-corrected chi connectivity index (χ1v) is 10.6. The lowest BCUT2D eigenvalue weighted by Crippen LogP contribution is -2.05. The highest BCUT2D eigenvalue weighted by molar-refractivity contribution is 5.93. The molecule has 0 saturated carbocycles. The van der Waals surface area contributed by atoms with Crippen LogP contribution in [0.25, 0.3) is 27.8 Å². The van der Waals surface area contributed by atoms with Crippen molar-refractivity contribution in [1.29, 1.82) is 0 Å². The standard InChI is InChI=1S/C25H22FN5O/c1-2-15-32-20-13-7-17(8-14-20)16-27-24-21-5-3-4-6-22(21)31-25(28-24)23(29-30-31)18-9-11-19(26)12-10-18/h3-14H,2,15-16H2,1H3,(H,27,28). The molecule has 0 amide bonds. The fourth-order valence-corrected chi connectivity index (χ4v) is 3.60. The SMILES string of the molecule is CCCOc1ccc(CNc2nc3c(-c4ccc(F)cc4)nnn3c3ccccc23)cc1. The number of hydrogen-bond donors (Lipinski definition) is 1. The Balaban J connectivity index is 1.50. The van der Waals surface area contributed by atoms with Crippen LogP contribution >= 0.6 is 0 Å². The predicted octanol–water partition coefficient (Wildman–Crippen LogP) is 5.48. The van der Waals surface area contributed by atoms with Crippen molar-refractivity contribution in [2.24, 2.45) is 0 Å². The van der Waals surface area contributed by atoms with E-state index in [4.69, 9.17) is 9.72 Å². The summed E-state index contributed by atoms with van der Waals surface area (Å²) in [4.78, 5) is 4.84. The summed E-state index contributed by atoms with van der Waals surface area (Å²) in [6, 6.07) is 22.2. The van der Waals surface area contributed by atoms with Gasteiger partial charge in [-0.05, 0) is 60.5 Å². The van der Waals surface area contributed by atoms with Gasteiger partial charge in [-0.15, -0.1) is 5.10 Å². The summed E-state index contributed by atoms with van der Waals surface area (Å²) < 4.78 is 20.8. The van der Waals surface area contributed by atoms with Crippen molar-refractivity contribution in [3.05, 3.63) is 84.2 Å². The molecule has 0 radical (unpaired) electrons. The van der Waals surface area contributed by atoms with Gasteiger partial charge in [0.2, 0.25) is 0 Å². The Kier molecular flexibility index (Phi) is 5.37. The second-order valence-corrected chi connectivity index (χ2v) is 7.50. The highest BCUT2D eigenvalue weighted by Crippen LogP contribution is 2.28. The van der Waals surface area contributed by atoms with Crippen LogP contribution in [-0.2, 0) is 6.54 Å². The van der Waals surface area contributed by atoms with Crippen LogP contribution in [0.3, 0.4) is 0 Å². The van der Waals surface area contributed by atoms with Crippen molar-refractivity contribution < 1.29 is 9.13 Å². The molecule has 2 aromatic heterocycles. The van der Waals surface area contributed by atoms with Crippen molar-refractivity contribution in [3.8, 4) is 17.0 Å². The second kappa shape index (κ2) is 8.63. The fourth-order valence-electron chi connectivity index (χ4n) is 3.60. The Morgan fingerprint density at radius 1 is 0.969 bits per heavy atom. The van der Waals surface area contributed by atoms with Gasteiger partial charge >= 0.3 is 0 Å². The van der Waals surface area contributed by atoms with Crippen molar-refractivity contribution in [2.45, 2.75) is 19.9 Å². The summed E-state index contributed by atoms with van der Waals surface area (Å²) in [5, 5.41) is 13.0. The summed E-state index contributed by atoms with van der Waals surface area (Å²) >= 11 is 0. The number of anilines is 1. The van der Waals surface area contributed by atoms with Crippen molar-refractivity contribution in [3.63, 3.8) is 0 Å². The maximum Gasteiger partial charge on any atom is 0.186 e. The number of nitrogens with one attached hydrogen (secondary N) is 1. The molecule has 3 aromatic carbocycles. The molecule has 5 aromatic rings. The molecular weight excluding hydrogens is 405 g/mol.